The molecule has 0 aliphatic heterocycles. The van der Waals surface area contributed by atoms with Crippen molar-refractivity contribution in [3.05, 3.63) is 33.1 Å². The molecule has 0 unspecified atom stereocenters. The summed E-state index contributed by atoms with van der Waals surface area (Å²) in [4.78, 5) is 18.6. The van der Waals surface area contributed by atoms with Crippen molar-refractivity contribution in [1.29, 1.82) is 0 Å². The third-order valence-corrected chi connectivity index (χ3v) is 5.20. The maximum Gasteiger partial charge on any atom is 0.261 e. The molecule has 0 saturated heterocycles. The van der Waals surface area contributed by atoms with Crippen molar-refractivity contribution in [2.45, 2.75) is 39.2 Å². The minimum absolute atomic E-state index is 0.0197. The summed E-state index contributed by atoms with van der Waals surface area (Å²) in [6.07, 6.45) is 3.92. The lowest BCUT2D eigenvalue weighted by atomic mass is 9.90. The molecule has 0 radical (unpaired) electrons. The lowest BCUT2D eigenvalue weighted by Gasteiger charge is -2.16. The lowest BCUT2D eigenvalue weighted by molar-refractivity contribution is 0.0957. The van der Waals surface area contributed by atoms with Gasteiger partial charge in [-0.25, -0.2) is 0 Å². The van der Waals surface area contributed by atoms with Gasteiger partial charge in [0.2, 0.25) is 5.89 Å². The van der Waals surface area contributed by atoms with E-state index in [0.717, 1.165) is 17.7 Å². The Labute approximate surface area is 139 Å². The topological polar surface area (TPSA) is 77.3 Å². The molecular formula is C16H21N3O3S. The summed E-state index contributed by atoms with van der Waals surface area (Å²) < 4.78 is 10.0. The Bertz CT molecular complexity index is 680. The van der Waals surface area contributed by atoms with Crippen LogP contribution in [0.15, 0.2) is 10.6 Å². The standard InChI is InChI=1S/C16H21N3O3S/c1-10-3-4-12-11(7-10)8-13(23-12)16(20)17-6-5-15-18-14(9-21-2)19-22-15/h8,10H,3-7,9H2,1-2H3,(H,17,20)/t10-/m0/s1. The quantitative estimate of drug-likeness (QED) is 0.877. The van der Waals surface area contributed by atoms with Crippen LogP contribution in [-0.4, -0.2) is 29.7 Å². The van der Waals surface area contributed by atoms with Crippen molar-refractivity contribution in [3.63, 3.8) is 0 Å². The average molecular weight is 335 g/mol. The third kappa shape index (κ3) is 3.97. The molecule has 3 rings (SSSR count). The van der Waals surface area contributed by atoms with E-state index in [0.29, 0.717) is 37.2 Å². The molecule has 0 aromatic carbocycles. The first-order valence-electron chi connectivity index (χ1n) is 7.86. The van der Waals surface area contributed by atoms with Gasteiger partial charge in [-0.3, -0.25) is 4.79 Å². The fraction of sp³-hybridized carbons (Fsp3) is 0.562. The fourth-order valence-electron chi connectivity index (χ4n) is 2.77. The van der Waals surface area contributed by atoms with E-state index in [2.05, 4.69) is 22.4 Å². The number of thiophene rings is 1. The average Bonchev–Trinajstić information content (AvgIpc) is 3.14. The summed E-state index contributed by atoms with van der Waals surface area (Å²) in [6, 6.07) is 2.05. The van der Waals surface area contributed by atoms with Gasteiger partial charge < -0.3 is 14.6 Å². The first kappa shape index (κ1) is 16.1. The lowest BCUT2D eigenvalue weighted by Crippen LogP contribution is -2.25. The molecule has 1 aliphatic carbocycles. The van der Waals surface area contributed by atoms with Crippen molar-refractivity contribution < 1.29 is 14.1 Å². The SMILES string of the molecule is COCc1noc(CCNC(=O)c2cc3c(s2)CC[C@H](C)C3)n1. The number of carbonyl (C=O) groups is 1. The van der Waals surface area contributed by atoms with Gasteiger partial charge in [-0.1, -0.05) is 12.1 Å². The first-order chi connectivity index (χ1) is 11.2. The van der Waals surface area contributed by atoms with Gasteiger partial charge in [0.25, 0.3) is 5.91 Å². The van der Waals surface area contributed by atoms with Crippen molar-refractivity contribution in [3.8, 4) is 0 Å². The molecule has 1 atom stereocenters. The number of nitrogens with zero attached hydrogens (tertiary/aromatic N) is 2. The molecule has 1 aliphatic rings. The highest BCUT2D eigenvalue weighted by molar-refractivity contribution is 7.14. The van der Waals surface area contributed by atoms with Crippen molar-refractivity contribution in [1.82, 2.24) is 15.5 Å². The number of methoxy groups -OCH3 is 1. The number of ether oxygens (including phenoxy) is 1. The van der Waals surface area contributed by atoms with E-state index >= 15 is 0 Å². The van der Waals surface area contributed by atoms with Crippen LogP contribution in [-0.2, 0) is 30.6 Å². The zero-order valence-corrected chi connectivity index (χ0v) is 14.2. The van der Waals surface area contributed by atoms with Crippen LogP contribution in [0.5, 0.6) is 0 Å². The van der Waals surface area contributed by atoms with Gasteiger partial charge in [0, 0.05) is 25.0 Å². The Morgan fingerprint density at radius 1 is 1.57 bits per heavy atom. The van der Waals surface area contributed by atoms with E-state index < -0.39 is 0 Å². The monoisotopic (exact) mass is 335 g/mol. The van der Waals surface area contributed by atoms with Gasteiger partial charge in [0.05, 0.1) is 4.88 Å². The molecular weight excluding hydrogens is 314 g/mol. The number of amides is 1. The van der Waals surface area contributed by atoms with Crippen molar-refractivity contribution >= 4 is 17.2 Å². The predicted octanol–water partition coefficient (Wildman–Crippen LogP) is 2.37. The summed E-state index contributed by atoms with van der Waals surface area (Å²) in [5.41, 5.74) is 1.35. The van der Waals surface area contributed by atoms with Crippen LogP contribution in [0.1, 0.15) is 45.2 Å². The molecule has 0 bridgehead atoms. The van der Waals surface area contributed by atoms with E-state index in [1.165, 1.54) is 16.9 Å². The largest absolute Gasteiger partial charge is 0.377 e. The second kappa shape index (κ2) is 7.23. The van der Waals surface area contributed by atoms with Crippen LogP contribution >= 0.6 is 11.3 Å². The molecule has 23 heavy (non-hydrogen) atoms. The number of hydrogen-bond donors (Lipinski definition) is 1. The predicted molar refractivity (Wildman–Crippen MR) is 86.6 cm³/mol. The number of carbonyl (C=O) groups excluding carboxylic acids is 1. The molecule has 2 aromatic rings. The zero-order valence-electron chi connectivity index (χ0n) is 13.4. The van der Waals surface area contributed by atoms with Crippen LogP contribution < -0.4 is 5.32 Å². The van der Waals surface area contributed by atoms with Gasteiger partial charge in [-0.2, -0.15) is 4.98 Å². The molecule has 0 spiro atoms. The Balaban J connectivity index is 1.51. The summed E-state index contributed by atoms with van der Waals surface area (Å²) in [5.74, 6) is 1.73. The van der Waals surface area contributed by atoms with E-state index in [4.69, 9.17) is 9.26 Å². The van der Waals surface area contributed by atoms with E-state index in [1.807, 2.05) is 6.07 Å². The van der Waals surface area contributed by atoms with Crippen LogP contribution in [0, 0.1) is 5.92 Å². The molecule has 2 aromatic heterocycles. The molecule has 7 heteroatoms. The highest BCUT2D eigenvalue weighted by Crippen LogP contribution is 2.32. The number of hydrogen-bond acceptors (Lipinski definition) is 6. The Kier molecular flexibility index (Phi) is 5.07. The summed E-state index contributed by atoms with van der Waals surface area (Å²) in [6.45, 7) is 3.07. The normalized spacial score (nSPS) is 17.0. The highest BCUT2D eigenvalue weighted by atomic mass is 32.1. The van der Waals surface area contributed by atoms with Gasteiger partial charge >= 0.3 is 0 Å². The second-order valence-corrected chi connectivity index (χ2v) is 7.09. The molecule has 1 amide bonds. The molecule has 6 nitrogen and oxygen atoms in total. The summed E-state index contributed by atoms with van der Waals surface area (Å²) in [7, 11) is 1.58. The number of aryl methyl sites for hydroxylation is 1. The fourth-order valence-corrected chi connectivity index (χ4v) is 3.89. The summed E-state index contributed by atoms with van der Waals surface area (Å²) >= 11 is 1.62. The van der Waals surface area contributed by atoms with Crippen LogP contribution in [0.4, 0.5) is 0 Å². The van der Waals surface area contributed by atoms with Crippen molar-refractivity contribution in [2.75, 3.05) is 13.7 Å². The highest BCUT2D eigenvalue weighted by Gasteiger charge is 2.20. The van der Waals surface area contributed by atoms with Gasteiger partial charge in [-0.15, -0.1) is 11.3 Å². The molecule has 0 saturated carbocycles. The summed E-state index contributed by atoms with van der Waals surface area (Å²) in [5, 5.41) is 6.71. The van der Waals surface area contributed by atoms with Crippen LogP contribution in [0.25, 0.3) is 0 Å². The second-order valence-electron chi connectivity index (χ2n) is 5.95. The van der Waals surface area contributed by atoms with Crippen LogP contribution in [0.3, 0.4) is 0 Å². The van der Waals surface area contributed by atoms with Gasteiger partial charge in [0.1, 0.15) is 6.61 Å². The van der Waals surface area contributed by atoms with Gasteiger partial charge in [0.15, 0.2) is 5.82 Å². The number of aromatic nitrogens is 2. The maximum absolute atomic E-state index is 12.3. The first-order valence-corrected chi connectivity index (χ1v) is 8.67. The number of rotatable bonds is 6. The number of nitrogens with one attached hydrogen (secondary N) is 1. The molecule has 1 N–H and O–H groups in total. The van der Waals surface area contributed by atoms with Crippen molar-refractivity contribution in [2.24, 2.45) is 5.92 Å². The Morgan fingerprint density at radius 2 is 2.43 bits per heavy atom. The Hall–Kier alpha value is -1.73. The molecule has 0 fully saturated rings. The number of fused-ring (bicyclic) bond motifs is 1. The van der Waals surface area contributed by atoms with E-state index in [-0.39, 0.29) is 5.91 Å². The smallest absolute Gasteiger partial charge is 0.261 e. The Morgan fingerprint density at radius 3 is 3.26 bits per heavy atom. The maximum atomic E-state index is 12.3. The molecule has 124 valence electrons. The zero-order chi connectivity index (χ0) is 16.2. The van der Waals surface area contributed by atoms with E-state index in [9.17, 15) is 4.79 Å². The third-order valence-electron chi connectivity index (χ3n) is 3.96. The minimum Gasteiger partial charge on any atom is -0.377 e. The van der Waals surface area contributed by atoms with Crippen LogP contribution in [0.2, 0.25) is 0 Å². The molecule has 2 heterocycles. The van der Waals surface area contributed by atoms with E-state index in [1.54, 1.807) is 18.4 Å². The van der Waals surface area contributed by atoms with Gasteiger partial charge in [-0.05, 0) is 36.8 Å². The minimum atomic E-state index is -0.0197.